The van der Waals surface area contributed by atoms with Gasteiger partial charge < -0.3 is 4.90 Å². The SMILES string of the molecule is CC1CN(C)CC2(CC2)C1I. The van der Waals surface area contributed by atoms with Crippen molar-refractivity contribution >= 4 is 22.6 Å². The fourth-order valence-corrected chi connectivity index (χ4v) is 3.52. The molecule has 1 saturated heterocycles. The average Bonchev–Trinajstić information content (AvgIpc) is 2.65. The van der Waals surface area contributed by atoms with Crippen molar-refractivity contribution in [1.29, 1.82) is 0 Å². The molecule has 0 N–H and O–H groups in total. The molecule has 0 aromatic heterocycles. The predicted molar refractivity (Wildman–Crippen MR) is 56.1 cm³/mol. The van der Waals surface area contributed by atoms with E-state index in [0.717, 1.165) is 15.3 Å². The molecule has 0 aromatic rings. The quantitative estimate of drug-likeness (QED) is 0.479. The van der Waals surface area contributed by atoms with E-state index in [9.17, 15) is 0 Å². The molecule has 1 aliphatic heterocycles. The Morgan fingerprint density at radius 3 is 2.64 bits per heavy atom. The van der Waals surface area contributed by atoms with Crippen LogP contribution in [0.3, 0.4) is 0 Å². The molecule has 0 aromatic carbocycles. The summed E-state index contributed by atoms with van der Waals surface area (Å²) in [6.07, 6.45) is 2.96. The Bertz CT molecular complexity index is 165. The summed E-state index contributed by atoms with van der Waals surface area (Å²) in [4.78, 5) is 2.51. The number of rotatable bonds is 0. The van der Waals surface area contributed by atoms with E-state index >= 15 is 0 Å². The van der Waals surface area contributed by atoms with Crippen molar-refractivity contribution in [2.45, 2.75) is 23.7 Å². The maximum Gasteiger partial charge on any atom is 0.0216 e. The summed E-state index contributed by atoms with van der Waals surface area (Å²) in [5.74, 6) is 0.900. The lowest BCUT2D eigenvalue weighted by Gasteiger charge is -2.39. The van der Waals surface area contributed by atoms with Crippen molar-refractivity contribution in [2.24, 2.45) is 11.3 Å². The number of hydrogen-bond acceptors (Lipinski definition) is 1. The van der Waals surface area contributed by atoms with Crippen molar-refractivity contribution in [1.82, 2.24) is 4.90 Å². The van der Waals surface area contributed by atoms with Gasteiger partial charge in [-0.2, -0.15) is 0 Å². The highest BCUT2D eigenvalue weighted by atomic mass is 127. The molecule has 2 aliphatic rings. The van der Waals surface area contributed by atoms with E-state index < -0.39 is 0 Å². The summed E-state index contributed by atoms with van der Waals surface area (Å²) in [5, 5.41) is 0. The summed E-state index contributed by atoms with van der Waals surface area (Å²) in [6, 6.07) is 0. The molecule has 2 unspecified atom stereocenters. The molecule has 11 heavy (non-hydrogen) atoms. The van der Waals surface area contributed by atoms with Crippen LogP contribution in [-0.2, 0) is 0 Å². The molecule has 1 saturated carbocycles. The minimum Gasteiger partial charge on any atom is -0.305 e. The topological polar surface area (TPSA) is 3.24 Å². The maximum absolute atomic E-state index is 2.67. The van der Waals surface area contributed by atoms with Gasteiger partial charge >= 0.3 is 0 Å². The normalized spacial score (nSPS) is 42.8. The van der Waals surface area contributed by atoms with Crippen LogP contribution in [0.2, 0.25) is 0 Å². The van der Waals surface area contributed by atoms with Gasteiger partial charge in [-0.05, 0) is 31.2 Å². The molecule has 64 valence electrons. The van der Waals surface area contributed by atoms with Crippen LogP contribution in [0.15, 0.2) is 0 Å². The zero-order chi connectivity index (χ0) is 8.06. The van der Waals surface area contributed by atoms with E-state index in [1.807, 2.05) is 0 Å². The summed E-state index contributed by atoms with van der Waals surface area (Å²) in [6.45, 7) is 5.05. The first-order valence-corrected chi connectivity index (χ1v) is 5.71. The zero-order valence-electron chi connectivity index (χ0n) is 7.31. The zero-order valence-corrected chi connectivity index (χ0v) is 9.47. The third kappa shape index (κ3) is 1.32. The highest BCUT2D eigenvalue weighted by molar-refractivity contribution is 14.1. The molecule has 2 heteroatoms. The lowest BCUT2D eigenvalue weighted by molar-refractivity contribution is 0.161. The molecule has 1 aliphatic carbocycles. The van der Waals surface area contributed by atoms with Crippen LogP contribution in [0.5, 0.6) is 0 Å². The van der Waals surface area contributed by atoms with E-state index in [0.29, 0.717) is 0 Å². The summed E-state index contributed by atoms with van der Waals surface area (Å²) >= 11 is 2.67. The molecule has 0 radical (unpaired) electrons. The van der Waals surface area contributed by atoms with Gasteiger partial charge in [0.15, 0.2) is 0 Å². The van der Waals surface area contributed by atoms with Gasteiger partial charge in [-0.15, -0.1) is 0 Å². The molecule has 1 heterocycles. The smallest absolute Gasteiger partial charge is 0.0216 e. The second-order valence-corrected chi connectivity index (χ2v) is 5.78. The summed E-state index contributed by atoms with van der Waals surface area (Å²) < 4.78 is 0.941. The van der Waals surface area contributed by atoms with Crippen molar-refractivity contribution < 1.29 is 0 Å². The van der Waals surface area contributed by atoms with Crippen LogP contribution < -0.4 is 0 Å². The van der Waals surface area contributed by atoms with E-state index in [4.69, 9.17) is 0 Å². The summed E-state index contributed by atoms with van der Waals surface area (Å²) in [5.41, 5.74) is 0.743. The minimum atomic E-state index is 0.743. The van der Waals surface area contributed by atoms with E-state index in [1.54, 1.807) is 0 Å². The molecule has 0 bridgehead atoms. The van der Waals surface area contributed by atoms with Crippen molar-refractivity contribution in [3.8, 4) is 0 Å². The molecule has 1 nitrogen and oxygen atoms in total. The van der Waals surface area contributed by atoms with Gasteiger partial charge in [0.1, 0.15) is 0 Å². The standard InChI is InChI=1S/C9H16IN/c1-7-5-11(2)6-9(3-4-9)8(7)10/h7-8H,3-6H2,1-2H3. The average molecular weight is 265 g/mol. The maximum atomic E-state index is 2.67. The molecular formula is C9H16IN. The van der Waals surface area contributed by atoms with Crippen molar-refractivity contribution in [2.75, 3.05) is 20.1 Å². The van der Waals surface area contributed by atoms with E-state index in [-0.39, 0.29) is 0 Å². The molecule has 1 spiro atoms. The van der Waals surface area contributed by atoms with Crippen LogP contribution in [0.1, 0.15) is 19.8 Å². The van der Waals surface area contributed by atoms with Gasteiger partial charge in [0, 0.05) is 17.0 Å². The van der Waals surface area contributed by atoms with Crippen LogP contribution in [-0.4, -0.2) is 29.0 Å². The van der Waals surface area contributed by atoms with Crippen LogP contribution >= 0.6 is 22.6 Å². The Hall–Kier alpha value is 0.690. The largest absolute Gasteiger partial charge is 0.305 e. The van der Waals surface area contributed by atoms with Gasteiger partial charge in [0.05, 0.1) is 0 Å². The van der Waals surface area contributed by atoms with E-state index in [1.165, 1.54) is 25.9 Å². The number of hydrogen-bond donors (Lipinski definition) is 0. The fourth-order valence-electron chi connectivity index (χ4n) is 2.47. The predicted octanol–water partition coefficient (Wildman–Crippen LogP) is 2.15. The van der Waals surface area contributed by atoms with Gasteiger partial charge in [0.25, 0.3) is 0 Å². The van der Waals surface area contributed by atoms with Crippen molar-refractivity contribution in [3.63, 3.8) is 0 Å². The van der Waals surface area contributed by atoms with Gasteiger partial charge in [-0.1, -0.05) is 29.5 Å². The molecular weight excluding hydrogens is 249 g/mol. The second-order valence-electron chi connectivity index (χ2n) is 4.44. The highest BCUT2D eigenvalue weighted by Crippen LogP contribution is 2.56. The molecule has 2 rings (SSSR count). The first kappa shape index (κ1) is 8.30. The number of likely N-dealkylation sites (tertiary alicyclic amines) is 1. The Kier molecular flexibility index (Phi) is 1.95. The Balaban J connectivity index is 2.10. The van der Waals surface area contributed by atoms with Crippen LogP contribution in [0, 0.1) is 11.3 Å². The Labute approximate surface area is 82.7 Å². The van der Waals surface area contributed by atoms with E-state index in [2.05, 4.69) is 41.5 Å². The van der Waals surface area contributed by atoms with Gasteiger partial charge in [-0.25, -0.2) is 0 Å². The number of alkyl halides is 1. The van der Waals surface area contributed by atoms with Crippen molar-refractivity contribution in [3.05, 3.63) is 0 Å². The number of piperidine rings is 1. The minimum absolute atomic E-state index is 0.743. The number of halogens is 1. The Morgan fingerprint density at radius 2 is 2.09 bits per heavy atom. The molecule has 2 fully saturated rings. The van der Waals surface area contributed by atoms with Gasteiger partial charge in [-0.3, -0.25) is 0 Å². The monoisotopic (exact) mass is 265 g/mol. The third-order valence-electron chi connectivity index (χ3n) is 3.16. The fraction of sp³-hybridized carbons (Fsp3) is 1.00. The van der Waals surface area contributed by atoms with Gasteiger partial charge in [0.2, 0.25) is 0 Å². The molecule has 0 amide bonds. The Morgan fingerprint density at radius 1 is 1.45 bits per heavy atom. The first-order chi connectivity index (χ1) is 5.14. The van der Waals surface area contributed by atoms with Crippen LogP contribution in [0.25, 0.3) is 0 Å². The molecule has 2 atom stereocenters. The lowest BCUT2D eigenvalue weighted by atomic mass is 9.88. The second kappa shape index (κ2) is 2.59. The first-order valence-electron chi connectivity index (χ1n) is 4.47. The lowest BCUT2D eigenvalue weighted by Crippen LogP contribution is -2.45. The highest BCUT2D eigenvalue weighted by Gasteiger charge is 2.52. The van der Waals surface area contributed by atoms with Crippen LogP contribution in [0.4, 0.5) is 0 Å². The summed E-state index contributed by atoms with van der Waals surface area (Å²) in [7, 11) is 2.26. The number of nitrogens with zero attached hydrogens (tertiary/aromatic N) is 1. The third-order valence-corrected chi connectivity index (χ3v) is 5.71.